The first-order valence-electron chi connectivity index (χ1n) is 6.88. The number of nitrogens with zero attached hydrogens (tertiary/aromatic N) is 1. The van der Waals surface area contributed by atoms with Crippen LogP contribution in [0.4, 0.5) is 5.82 Å². The summed E-state index contributed by atoms with van der Waals surface area (Å²) in [6, 6.07) is 7.85. The molecule has 0 radical (unpaired) electrons. The summed E-state index contributed by atoms with van der Waals surface area (Å²) < 4.78 is 0.969. The number of halogens is 1. The highest BCUT2D eigenvalue weighted by Gasteiger charge is 2.03. The fraction of sp³-hybridized carbons (Fsp3) is 0.250. The molecule has 110 valence electrons. The van der Waals surface area contributed by atoms with Crippen LogP contribution in [0.25, 0.3) is 6.08 Å². The molecule has 0 spiro atoms. The lowest BCUT2D eigenvalue weighted by atomic mass is 10.1. The molecule has 2 rings (SSSR count). The SMILES string of the molecule is CCCc1cc(NC(=O)/C=C/c2ccc(C)cc2Br)n[nH]1. The van der Waals surface area contributed by atoms with Crippen LogP contribution in [0.2, 0.25) is 0 Å². The number of aromatic amines is 1. The number of hydrogen-bond acceptors (Lipinski definition) is 2. The molecule has 0 bridgehead atoms. The Morgan fingerprint density at radius 3 is 2.95 bits per heavy atom. The van der Waals surface area contributed by atoms with Gasteiger partial charge in [-0.05, 0) is 36.6 Å². The van der Waals surface area contributed by atoms with Gasteiger partial charge >= 0.3 is 0 Å². The lowest BCUT2D eigenvalue weighted by Gasteiger charge is -2.00. The number of nitrogens with one attached hydrogen (secondary N) is 2. The fourth-order valence-electron chi connectivity index (χ4n) is 1.92. The normalized spacial score (nSPS) is 11.0. The van der Waals surface area contributed by atoms with Gasteiger partial charge in [0.2, 0.25) is 5.91 Å². The van der Waals surface area contributed by atoms with Gasteiger partial charge in [-0.25, -0.2) is 0 Å². The Labute approximate surface area is 132 Å². The zero-order chi connectivity index (χ0) is 15.2. The number of aromatic nitrogens is 2. The van der Waals surface area contributed by atoms with Crippen LogP contribution in [0.1, 0.15) is 30.2 Å². The third-order valence-corrected chi connectivity index (χ3v) is 3.66. The molecule has 0 atom stereocenters. The van der Waals surface area contributed by atoms with Crippen LogP contribution in [-0.2, 0) is 11.2 Å². The zero-order valence-electron chi connectivity index (χ0n) is 12.1. The van der Waals surface area contributed by atoms with E-state index in [0.29, 0.717) is 5.82 Å². The molecule has 0 aliphatic rings. The number of carbonyl (C=O) groups excluding carboxylic acids is 1. The van der Waals surface area contributed by atoms with Gasteiger partial charge in [-0.3, -0.25) is 9.89 Å². The molecule has 1 amide bonds. The highest BCUT2D eigenvalue weighted by Crippen LogP contribution is 2.19. The molecule has 5 heteroatoms. The monoisotopic (exact) mass is 347 g/mol. The van der Waals surface area contributed by atoms with E-state index < -0.39 is 0 Å². The lowest BCUT2D eigenvalue weighted by Crippen LogP contribution is -2.07. The van der Waals surface area contributed by atoms with E-state index >= 15 is 0 Å². The van der Waals surface area contributed by atoms with E-state index in [0.717, 1.165) is 28.6 Å². The maximum atomic E-state index is 11.9. The molecule has 0 saturated carbocycles. The van der Waals surface area contributed by atoms with Gasteiger partial charge in [0.1, 0.15) is 0 Å². The third kappa shape index (κ3) is 4.56. The Morgan fingerprint density at radius 1 is 1.43 bits per heavy atom. The Kier molecular flexibility index (Phi) is 5.33. The highest BCUT2D eigenvalue weighted by molar-refractivity contribution is 9.10. The smallest absolute Gasteiger partial charge is 0.249 e. The molecule has 0 aliphatic carbocycles. The summed E-state index contributed by atoms with van der Waals surface area (Å²) in [4.78, 5) is 11.9. The number of anilines is 1. The highest BCUT2D eigenvalue weighted by atomic mass is 79.9. The van der Waals surface area contributed by atoms with Crippen LogP contribution in [0.15, 0.2) is 34.8 Å². The van der Waals surface area contributed by atoms with Gasteiger partial charge in [0.05, 0.1) is 0 Å². The van der Waals surface area contributed by atoms with Crippen molar-refractivity contribution in [3.63, 3.8) is 0 Å². The van der Waals surface area contributed by atoms with Gasteiger partial charge in [0.15, 0.2) is 5.82 Å². The number of hydrogen-bond donors (Lipinski definition) is 2. The van der Waals surface area contributed by atoms with E-state index in [9.17, 15) is 4.79 Å². The summed E-state index contributed by atoms with van der Waals surface area (Å²) in [5, 5.41) is 9.70. The Morgan fingerprint density at radius 2 is 2.24 bits per heavy atom. The van der Waals surface area contributed by atoms with Gasteiger partial charge in [0.25, 0.3) is 0 Å². The van der Waals surface area contributed by atoms with Crippen molar-refractivity contribution in [1.29, 1.82) is 0 Å². The van der Waals surface area contributed by atoms with Crippen molar-refractivity contribution in [2.75, 3.05) is 5.32 Å². The molecule has 4 nitrogen and oxygen atoms in total. The summed E-state index contributed by atoms with van der Waals surface area (Å²) in [5.41, 5.74) is 3.16. The molecule has 21 heavy (non-hydrogen) atoms. The second kappa shape index (κ2) is 7.22. The molecule has 2 aromatic rings. The van der Waals surface area contributed by atoms with Crippen LogP contribution in [-0.4, -0.2) is 16.1 Å². The Bertz CT molecular complexity index is 661. The molecule has 2 N–H and O–H groups in total. The van der Waals surface area contributed by atoms with E-state index in [-0.39, 0.29) is 5.91 Å². The maximum absolute atomic E-state index is 11.9. The summed E-state index contributed by atoms with van der Waals surface area (Å²) in [7, 11) is 0. The van der Waals surface area contributed by atoms with Crippen molar-refractivity contribution in [2.45, 2.75) is 26.7 Å². The van der Waals surface area contributed by atoms with Crippen LogP contribution in [0.5, 0.6) is 0 Å². The largest absolute Gasteiger partial charge is 0.306 e. The van der Waals surface area contributed by atoms with Gasteiger partial charge < -0.3 is 5.32 Å². The number of carbonyl (C=O) groups is 1. The molecular formula is C16H18BrN3O. The first kappa shape index (κ1) is 15.5. The van der Waals surface area contributed by atoms with Crippen LogP contribution >= 0.6 is 15.9 Å². The van der Waals surface area contributed by atoms with Gasteiger partial charge in [-0.2, -0.15) is 5.10 Å². The Hall–Kier alpha value is -1.88. The van der Waals surface area contributed by atoms with Crippen LogP contribution < -0.4 is 5.32 Å². The van der Waals surface area contributed by atoms with Crippen LogP contribution in [0, 0.1) is 6.92 Å². The third-order valence-electron chi connectivity index (χ3n) is 2.97. The van der Waals surface area contributed by atoms with Crippen molar-refractivity contribution < 1.29 is 4.79 Å². The van der Waals surface area contributed by atoms with Crippen LogP contribution in [0.3, 0.4) is 0 Å². The summed E-state index contributed by atoms with van der Waals surface area (Å²) in [6.45, 7) is 4.12. The molecular weight excluding hydrogens is 330 g/mol. The predicted octanol–water partition coefficient (Wildman–Crippen LogP) is 4.09. The average molecular weight is 348 g/mol. The van der Waals surface area contributed by atoms with E-state index in [1.165, 1.54) is 11.6 Å². The molecule has 0 fully saturated rings. The molecule has 0 unspecified atom stereocenters. The second-order valence-electron chi connectivity index (χ2n) is 4.88. The number of amides is 1. The van der Waals surface area contributed by atoms with Crippen molar-refractivity contribution in [3.8, 4) is 0 Å². The van der Waals surface area contributed by atoms with Crippen molar-refractivity contribution in [1.82, 2.24) is 10.2 Å². The zero-order valence-corrected chi connectivity index (χ0v) is 13.7. The molecule has 1 aromatic carbocycles. The van der Waals surface area contributed by atoms with E-state index in [1.807, 2.05) is 31.2 Å². The van der Waals surface area contributed by atoms with Gasteiger partial charge in [-0.15, -0.1) is 0 Å². The van der Waals surface area contributed by atoms with Gasteiger partial charge in [-0.1, -0.05) is 41.4 Å². The van der Waals surface area contributed by atoms with E-state index in [1.54, 1.807) is 6.08 Å². The second-order valence-corrected chi connectivity index (χ2v) is 5.73. The predicted molar refractivity (Wildman–Crippen MR) is 89.1 cm³/mol. The number of aryl methyl sites for hydroxylation is 2. The first-order valence-corrected chi connectivity index (χ1v) is 7.67. The molecule has 0 aliphatic heterocycles. The summed E-state index contributed by atoms with van der Waals surface area (Å²) in [5.74, 6) is 0.355. The minimum absolute atomic E-state index is 0.197. The van der Waals surface area contributed by atoms with E-state index in [4.69, 9.17) is 0 Å². The molecule has 1 heterocycles. The minimum Gasteiger partial charge on any atom is -0.306 e. The van der Waals surface area contributed by atoms with Crippen molar-refractivity contribution in [3.05, 3.63) is 51.6 Å². The standard InChI is InChI=1S/C16H18BrN3O/c1-3-4-13-10-15(20-19-13)18-16(21)8-7-12-6-5-11(2)9-14(12)17/h5-10H,3-4H2,1-2H3,(H2,18,19,20,21)/b8-7+. The first-order chi connectivity index (χ1) is 10.1. The lowest BCUT2D eigenvalue weighted by molar-refractivity contribution is -0.111. The Balaban J connectivity index is 1.98. The minimum atomic E-state index is -0.197. The number of rotatable bonds is 5. The van der Waals surface area contributed by atoms with Gasteiger partial charge in [0, 0.05) is 22.3 Å². The maximum Gasteiger partial charge on any atom is 0.249 e. The molecule has 0 saturated heterocycles. The van der Waals surface area contributed by atoms with Crippen molar-refractivity contribution in [2.24, 2.45) is 0 Å². The average Bonchev–Trinajstić information content (AvgIpc) is 2.85. The quantitative estimate of drug-likeness (QED) is 0.800. The number of benzene rings is 1. The number of H-pyrrole nitrogens is 1. The molecule has 1 aromatic heterocycles. The van der Waals surface area contributed by atoms with E-state index in [2.05, 4.69) is 38.4 Å². The fourth-order valence-corrected chi connectivity index (χ4v) is 2.55. The summed E-state index contributed by atoms with van der Waals surface area (Å²) >= 11 is 3.48. The van der Waals surface area contributed by atoms with Crippen molar-refractivity contribution >= 4 is 33.7 Å². The topological polar surface area (TPSA) is 57.8 Å². The summed E-state index contributed by atoms with van der Waals surface area (Å²) in [6.07, 6.45) is 5.24.